The number of methoxy groups -OCH3 is 2. The molecule has 2 heterocycles. The number of aromatic nitrogens is 1. The van der Waals surface area contributed by atoms with Gasteiger partial charge in [-0.05, 0) is 37.6 Å². The molecule has 0 saturated heterocycles. The zero-order valence-corrected chi connectivity index (χ0v) is 17.3. The Bertz CT molecular complexity index is 870. The molecule has 0 amide bonds. The average molecular weight is 385 g/mol. The monoisotopic (exact) mass is 384 g/mol. The normalized spacial score (nSPS) is 15.7. The van der Waals surface area contributed by atoms with Crippen molar-refractivity contribution in [2.75, 3.05) is 20.8 Å². The first-order valence-electron chi connectivity index (χ1n) is 9.92. The van der Waals surface area contributed by atoms with Gasteiger partial charge in [-0.3, -0.25) is 9.88 Å². The molecule has 0 aliphatic heterocycles. The summed E-state index contributed by atoms with van der Waals surface area (Å²) >= 11 is 1.83. The van der Waals surface area contributed by atoms with Gasteiger partial charge in [0.15, 0.2) is 5.75 Å². The molecule has 3 aromatic rings. The smallest absolute Gasteiger partial charge is 0.154 e. The fourth-order valence-corrected chi connectivity index (χ4v) is 5.65. The number of thiophene rings is 1. The van der Waals surface area contributed by atoms with E-state index in [1.807, 2.05) is 23.6 Å². The van der Waals surface area contributed by atoms with Gasteiger partial charge in [-0.1, -0.05) is 26.2 Å². The molecule has 4 nitrogen and oxygen atoms in total. The highest BCUT2D eigenvalue weighted by molar-refractivity contribution is 7.19. The van der Waals surface area contributed by atoms with Crippen LogP contribution in [0.4, 0.5) is 0 Å². The SMILES string of the molecule is CCN(Cc1cc2c(OC)c3ncccc3c(OC)c2s1)C1CCCCC1. The summed E-state index contributed by atoms with van der Waals surface area (Å²) in [5.74, 6) is 1.76. The summed E-state index contributed by atoms with van der Waals surface area (Å²) in [5.41, 5.74) is 0.869. The molecule has 0 bridgehead atoms. The van der Waals surface area contributed by atoms with Gasteiger partial charge >= 0.3 is 0 Å². The van der Waals surface area contributed by atoms with Crippen LogP contribution in [0.15, 0.2) is 24.4 Å². The van der Waals surface area contributed by atoms with Gasteiger partial charge in [-0.15, -0.1) is 11.3 Å². The second-order valence-corrected chi connectivity index (χ2v) is 8.41. The van der Waals surface area contributed by atoms with Crippen molar-refractivity contribution in [2.45, 2.75) is 51.6 Å². The molecule has 1 fully saturated rings. The van der Waals surface area contributed by atoms with Gasteiger partial charge < -0.3 is 9.47 Å². The lowest BCUT2D eigenvalue weighted by Crippen LogP contribution is -2.35. The molecule has 0 unspecified atom stereocenters. The standard InChI is InChI=1S/C22H28N2O2S/c1-4-24(15-9-6-5-7-10-15)14-16-13-18-20(25-2)19-17(11-8-12-23-19)21(26-3)22(18)27-16/h8,11-13,15H,4-7,9-10,14H2,1-3H3. The van der Waals surface area contributed by atoms with Crippen LogP contribution in [0, 0.1) is 0 Å². The molecule has 0 radical (unpaired) electrons. The van der Waals surface area contributed by atoms with E-state index in [1.54, 1.807) is 14.2 Å². The molecule has 1 aromatic carbocycles. The lowest BCUT2D eigenvalue weighted by atomic mass is 9.94. The van der Waals surface area contributed by atoms with Gasteiger partial charge in [0.25, 0.3) is 0 Å². The highest BCUT2D eigenvalue weighted by Gasteiger charge is 2.23. The minimum absolute atomic E-state index is 0.721. The maximum atomic E-state index is 5.80. The fraction of sp³-hybridized carbons (Fsp3) is 0.500. The van der Waals surface area contributed by atoms with Crippen LogP contribution < -0.4 is 9.47 Å². The Morgan fingerprint density at radius 2 is 1.89 bits per heavy atom. The first-order chi connectivity index (χ1) is 13.3. The number of fused-ring (bicyclic) bond motifs is 2. The fourth-order valence-electron chi connectivity index (χ4n) is 4.43. The van der Waals surface area contributed by atoms with Gasteiger partial charge in [-0.2, -0.15) is 0 Å². The van der Waals surface area contributed by atoms with Crippen molar-refractivity contribution in [2.24, 2.45) is 0 Å². The Kier molecular flexibility index (Phi) is 5.50. The van der Waals surface area contributed by atoms with Crippen LogP contribution in [0.25, 0.3) is 21.0 Å². The number of hydrogen-bond acceptors (Lipinski definition) is 5. The highest BCUT2D eigenvalue weighted by Crippen LogP contribution is 2.45. The maximum Gasteiger partial charge on any atom is 0.154 e. The summed E-state index contributed by atoms with van der Waals surface area (Å²) in [5, 5.41) is 2.12. The summed E-state index contributed by atoms with van der Waals surface area (Å²) in [7, 11) is 3.47. The van der Waals surface area contributed by atoms with E-state index in [0.29, 0.717) is 0 Å². The molecule has 1 aliphatic rings. The third kappa shape index (κ3) is 3.39. The first-order valence-corrected chi connectivity index (χ1v) is 10.7. The van der Waals surface area contributed by atoms with Crippen molar-refractivity contribution in [1.29, 1.82) is 0 Å². The highest BCUT2D eigenvalue weighted by atomic mass is 32.1. The van der Waals surface area contributed by atoms with Crippen LogP contribution in [0.2, 0.25) is 0 Å². The van der Waals surface area contributed by atoms with Crippen molar-refractivity contribution in [3.63, 3.8) is 0 Å². The van der Waals surface area contributed by atoms with E-state index >= 15 is 0 Å². The van der Waals surface area contributed by atoms with Gasteiger partial charge in [0.1, 0.15) is 11.3 Å². The maximum absolute atomic E-state index is 5.80. The molecule has 0 spiro atoms. The van der Waals surface area contributed by atoms with Gasteiger partial charge in [0, 0.05) is 34.4 Å². The van der Waals surface area contributed by atoms with E-state index in [2.05, 4.69) is 28.9 Å². The lowest BCUT2D eigenvalue weighted by molar-refractivity contribution is 0.157. The zero-order valence-electron chi connectivity index (χ0n) is 16.5. The average Bonchev–Trinajstić information content (AvgIpc) is 3.13. The second-order valence-electron chi connectivity index (χ2n) is 7.28. The van der Waals surface area contributed by atoms with E-state index in [-0.39, 0.29) is 0 Å². The molecule has 27 heavy (non-hydrogen) atoms. The molecule has 2 aromatic heterocycles. The predicted octanol–water partition coefficient (Wildman–Crippen LogP) is 5.62. The van der Waals surface area contributed by atoms with E-state index in [1.165, 1.54) is 37.0 Å². The largest absolute Gasteiger partial charge is 0.495 e. The van der Waals surface area contributed by atoms with E-state index in [9.17, 15) is 0 Å². The Labute approximate surface area is 165 Å². The van der Waals surface area contributed by atoms with Crippen molar-refractivity contribution in [3.05, 3.63) is 29.3 Å². The number of benzene rings is 1. The van der Waals surface area contributed by atoms with Gasteiger partial charge in [0.05, 0.1) is 18.9 Å². The third-order valence-electron chi connectivity index (χ3n) is 5.77. The number of ether oxygens (including phenoxy) is 2. The van der Waals surface area contributed by atoms with Crippen molar-refractivity contribution < 1.29 is 9.47 Å². The van der Waals surface area contributed by atoms with Crippen LogP contribution in [0.3, 0.4) is 0 Å². The Morgan fingerprint density at radius 1 is 1.11 bits per heavy atom. The minimum atomic E-state index is 0.721. The van der Waals surface area contributed by atoms with Crippen LogP contribution in [0.5, 0.6) is 11.5 Å². The number of pyridine rings is 1. The molecule has 0 atom stereocenters. The quantitative estimate of drug-likeness (QED) is 0.552. The number of hydrogen-bond donors (Lipinski definition) is 0. The number of nitrogens with zero attached hydrogens (tertiary/aromatic N) is 2. The molecule has 0 N–H and O–H groups in total. The van der Waals surface area contributed by atoms with E-state index < -0.39 is 0 Å². The molecule has 5 heteroatoms. The van der Waals surface area contributed by atoms with Crippen molar-refractivity contribution >= 4 is 32.3 Å². The van der Waals surface area contributed by atoms with E-state index in [4.69, 9.17) is 9.47 Å². The van der Waals surface area contributed by atoms with Crippen molar-refractivity contribution in [3.8, 4) is 11.5 Å². The number of rotatable bonds is 6. The molecular formula is C22H28N2O2S. The summed E-state index contributed by atoms with van der Waals surface area (Å²) in [6.45, 7) is 4.37. The third-order valence-corrected chi connectivity index (χ3v) is 6.88. The predicted molar refractivity (Wildman–Crippen MR) is 113 cm³/mol. The van der Waals surface area contributed by atoms with Crippen LogP contribution in [-0.2, 0) is 6.54 Å². The molecule has 144 valence electrons. The first kappa shape index (κ1) is 18.5. The Balaban J connectivity index is 1.78. The van der Waals surface area contributed by atoms with Crippen LogP contribution in [0.1, 0.15) is 43.9 Å². The molecule has 1 aliphatic carbocycles. The topological polar surface area (TPSA) is 34.6 Å². The molecule has 1 saturated carbocycles. The Hall–Kier alpha value is -1.85. The lowest BCUT2D eigenvalue weighted by Gasteiger charge is -2.33. The van der Waals surface area contributed by atoms with Gasteiger partial charge in [-0.25, -0.2) is 0 Å². The molecular weight excluding hydrogens is 356 g/mol. The van der Waals surface area contributed by atoms with Crippen LogP contribution >= 0.6 is 11.3 Å². The summed E-state index contributed by atoms with van der Waals surface area (Å²) in [4.78, 5) is 8.56. The zero-order chi connectivity index (χ0) is 18.8. The summed E-state index contributed by atoms with van der Waals surface area (Å²) < 4.78 is 12.7. The van der Waals surface area contributed by atoms with Crippen LogP contribution in [-0.4, -0.2) is 36.7 Å². The Morgan fingerprint density at radius 3 is 2.59 bits per heavy atom. The van der Waals surface area contributed by atoms with Crippen molar-refractivity contribution in [1.82, 2.24) is 9.88 Å². The van der Waals surface area contributed by atoms with Gasteiger partial charge in [0.2, 0.25) is 0 Å². The molecule has 4 rings (SSSR count). The summed E-state index contributed by atoms with van der Waals surface area (Å²) in [6.07, 6.45) is 8.60. The second kappa shape index (κ2) is 8.03. The van der Waals surface area contributed by atoms with E-state index in [0.717, 1.165) is 51.6 Å². The minimum Gasteiger partial charge on any atom is -0.495 e. The summed E-state index contributed by atoms with van der Waals surface area (Å²) in [6, 6.07) is 7.01.